The van der Waals surface area contributed by atoms with E-state index in [1.165, 1.54) is 0 Å². The molecule has 1 aliphatic carbocycles. The number of hydrogen-bond donors (Lipinski definition) is 1. The number of methoxy groups -OCH3 is 1. The highest BCUT2D eigenvalue weighted by Gasteiger charge is 2.38. The van der Waals surface area contributed by atoms with Gasteiger partial charge in [0.25, 0.3) is 0 Å². The monoisotopic (exact) mass is 340 g/mol. The minimum atomic E-state index is -0.0654. The number of benzene rings is 1. The Hall–Kier alpha value is -2.21. The zero-order valence-corrected chi connectivity index (χ0v) is 14.5. The number of aryl methyl sites for hydroxylation is 1. The van der Waals surface area contributed by atoms with Crippen LogP contribution in [0.2, 0.25) is 0 Å². The van der Waals surface area contributed by atoms with E-state index in [1.807, 2.05) is 22.9 Å². The third-order valence-electron chi connectivity index (χ3n) is 5.04. The molecule has 0 bridgehead atoms. The minimum absolute atomic E-state index is 0.0575. The standard InChI is InChI=1S/C19H24N4O2/c1-25-12-16-21-18-15(8-5-11-23(18)22-16)20-19(24)17(14-9-10-14)13-6-3-2-4-7-13/h2-4,6-7,14-15,17H,5,8-12H2,1H3,(H,20,24). The van der Waals surface area contributed by atoms with Crippen molar-refractivity contribution >= 4 is 5.91 Å². The summed E-state index contributed by atoms with van der Waals surface area (Å²) >= 11 is 0. The number of ether oxygens (including phenoxy) is 1. The smallest absolute Gasteiger partial charge is 0.228 e. The van der Waals surface area contributed by atoms with Crippen molar-refractivity contribution in [2.75, 3.05) is 7.11 Å². The van der Waals surface area contributed by atoms with Crippen molar-refractivity contribution < 1.29 is 9.53 Å². The van der Waals surface area contributed by atoms with Crippen LogP contribution in [0.5, 0.6) is 0 Å². The van der Waals surface area contributed by atoms with Gasteiger partial charge in [-0.25, -0.2) is 9.67 Å². The number of carbonyl (C=O) groups excluding carboxylic acids is 1. The number of fused-ring (bicyclic) bond motifs is 1. The zero-order valence-electron chi connectivity index (χ0n) is 14.5. The molecule has 1 aromatic carbocycles. The predicted molar refractivity (Wildman–Crippen MR) is 92.8 cm³/mol. The van der Waals surface area contributed by atoms with Gasteiger partial charge in [-0.05, 0) is 37.2 Å². The molecule has 4 rings (SSSR count). The van der Waals surface area contributed by atoms with Crippen molar-refractivity contribution in [2.45, 2.75) is 50.8 Å². The number of amides is 1. The Labute approximate surface area is 147 Å². The Bertz CT molecular complexity index is 739. The molecule has 1 fully saturated rings. The quantitative estimate of drug-likeness (QED) is 0.877. The van der Waals surface area contributed by atoms with Gasteiger partial charge in [0.1, 0.15) is 12.4 Å². The largest absolute Gasteiger partial charge is 0.377 e. The van der Waals surface area contributed by atoms with Gasteiger partial charge in [-0.3, -0.25) is 4.79 Å². The van der Waals surface area contributed by atoms with Crippen LogP contribution in [0.15, 0.2) is 30.3 Å². The van der Waals surface area contributed by atoms with Crippen LogP contribution in [-0.2, 0) is 22.7 Å². The molecule has 2 aliphatic rings. The number of hydrogen-bond acceptors (Lipinski definition) is 4. The van der Waals surface area contributed by atoms with Crippen LogP contribution >= 0.6 is 0 Å². The first-order valence-electron chi connectivity index (χ1n) is 9.04. The van der Waals surface area contributed by atoms with E-state index in [0.717, 1.165) is 43.6 Å². The summed E-state index contributed by atoms with van der Waals surface area (Å²) in [5.41, 5.74) is 1.11. The van der Waals surface area contributed by atoms with E-state index in [1.54, 1.807) is 7.11 Å². The van der Waals surface area contributed by atoms with Gasteiger partial charge in [-0.15, -0.1) is 0 Å². The molecule has 1 N–H and O–H groups in total. The second kappa shape index (κ2) is 6.96. The molecule has 1 aliphatic heterocycles. The fraction of sp³-hybridized carbons (Fsp3) is 0.526. The number of nitrogens with one attached hydrogen (secondary N) is 1. The second-order valence-corrected chi connectivity index (χ2v) is 6.97. The van der Waals surface area contributed by atoms with Crippen LogP contribution in [0.4, 0.5) is 0 Å². The first-order chi connectivity index (χ1) is 12.3. The second-order valence-electron chi connectivity index (χ2n) is 6.97. The van der Waals surface area contributed by atoms with Crippen LogP contribution in [0.3, 0.4) is 0 Å². The molecule has 6 nitrogen and oxygen atoms in total. The van der Waals surface area contributed by atoms with Crippen LogP contribution in [0, 0.1) is 5.92 Å². The van der Waals surface area contributed by atoms with Crippen molar-refractivity contribution in [2.24, 2.45) is 5.92 Å². The van der Waals surface area contributed by atoms with E-state index in [4.69, 9.17) is 4.74 Å². The van der Waals surface area contributed by atoms with Crippen LogP contribution in [0.25, 0.3) is 0 Å². The topological polar surface area (TPSA) is 69.0 Å². The molecule has 2 atom stereocenters. The molecule has 1 saturated carbocycles. The van der Waals surface area contributed by atoms with Gasteiger partial charge in [0.05, 0.1) is 12.0 Å². The van der Waals surface area contributed by atoms with Crippen molar-refractivity contribution in [1.82, 2.24) is 20.1 Å². The Morgan fingerprint density at radius 1 is 1.32 bits per heavy atom. The van der Waals surface area contributed by atoms with E-state index in [9.17, 15) is 4.79 Å². The van der Waals surface area contributed by atoms with Gasteiger partial charge in [0, 0.05) is 13.7 Å². The number of carbonyl (C=O) groups is 1. The van der Waals surface area contributed by atoms with Crippen molar-refractivity contribution in [3.05, 3.63) is 47.5 Å². The van der Waals surface area contributed by atoms with Crippen molar-refractivity contribution in [3.8, 4) is 0 Å². The van der Waals surface area contributed by atoms with E-state index < -0.39 is 0 Å². The SMILES string of the molecule is COCc1nc2n(n1)CCCC2NC(=O)C(c1ccccc1)C1CC1. The maximum atomic E-state index is 13.0. The molecular formula is C19H24N4O2. The molecule has 0 saturated heterocycles. The Kier molecular flexibility index (Phi) is 4.53. The molecule has 6 heteroatoms. The lowest BCUT2D eigenvalue weighted by molar-refractivity contribution is -0.124. The molecule has 1 aromatic heterocycles. The number of aromatic nitrogens is 3. The van der Waals surface area contributed by atoms with Gasteiger partial charge in [0.15, 0.2) is 5.82 Å². The minimum Gasteiger partial charge on any atom is -0.377 e. The highest BCUT2D eigenvalue weighted by Crippen LogP contribution is 2.43. The maximum Gasteiger partial charge on any atom is 0.228 e. The summed E-state index contributed by atoms with van der Waals surface area (Å²) in [4.78, 5) is 17.6. The average Bonchev–Trinajstić information content (AvgIpc) is 3.35. The van der Waals surface area contributed by atoms with Crippen LogP contribution in [-0.4, -0.2) is 27.8 Å². The predicted octanol–water partition coefficient (Wildman–Crippen LogP) is 2.57. The van der Waals surface area contributed by atoms with Gasteiger partial charge >= 0.3 is 0 Å². The summed E-state index contributed by atoms with van der Waals surface area (Å²) in [6.45, 7) is 1.25. The highest BCUT2D eigenvalue weighted by atomic mass is 16.5. The third kappa shape index (κ3) is 3.44. The molecule has 0 spiro atoms. The third-order valence-corrected chi connectivity index (χ3v) is 5.04. The molecule has 0 radical (unpaired) electrons. The fourth-order valence-electron chi connectivity index (χ4n) is 3.72. The number of rotatable bonds is 6. The molecule has 2 heterocycles. The fourth-order valence-corrected chi connectivity index (χ4v) is 3.72. The van der Waals surface area contributed by atoms with Gasteiger partial charge < -0.3 is 10.1 Å². The zero-order chi connectivity index (χ0) is 17.2. The lowest BCUT2D eigenvalue weighted by atomic mass is 9.92. The summed E-state index contributed by atoms with van der Waals surface area (Å²) < 4.78 is 7.05. The Balaban J connectivity index is 1.53. The normalized spacial score (nSPS) is 20.8. The summed E-state index contributed by atoms with van der Waals surface area (Å²) in [5.74, 6) is 2.06. The average molecular weight is 340 g/mol. The van der Waals surface area contributed by atoms with Crippen molar-refractivity contribution in [1.29, 1.82) is 0 Å². The summed E-state index contributed by atoms with van der Waals surface area (Å²) in [6.07, 6.45) is 4.16. The van der Waals surface area contributed by atoms with Gasteiger partial charge in [-0.2, -0.15) is 5.10 Å². The Morgan fingerprint density at radius 3 is 2.84 bits per heavy atom. The molecule has 132 valence electrons. The first-order valence-corrected chi connectivity index (χ1v) is 9.04. The lowest BCUT2D eigenvalue weighted by Gasteiger charge is -2.25. The summed E-state index contributed by atoms with van der Waals surface area (Å²) in [5, 5.41) is 7.73. The van der Waals surface area contributed by atoms with E-state index in [-0.39, 0.29) is 17.9 Å². The summed E-state index contributed by atoms with van der Waals surface area (Å²) in [7, 11) is 1.64. The lowest BCUT2D eigenvalue weighted by Crippen LogP contribution is -2.37. The highest BCUT2D eigenvalue weighted by molar-refractivity contribution is 5.84. The Morgan fingerprint density at radius 2 is 2.12 bits per heavy atom. The number of nitrogens with zero attached hydrogens (tertiary/aromatic N) is 3. The van der Waals surface area contributed by atoms with E-state index >= 15 is 0 Å². The molecule has 2 unspecified atom stereocenters. The van der Waals surface area contributed by atoms with Gasteiger partial charge in [-0.1, -0.05) is 30.3 Å². The van der Waals surface area contributed by atoms with Crippen LogP contribution in [0.1, 0.15) is 54.9 Å². The molecule has 25 heavy (non-hydrogen) atoms. The maximum absolute atomic E-state index is 13.0. The molecular weight excluding hydrogens is 316 g/mol. The molecule has 2 aromatic rings. The summed E-state index contributed by atoms with van der Waals surface area (Å²) in [6, 6.07) is 10.1. The van der Waals surface area contributed by atoms with E-state index in [2.05, 4.69) is 27.5 Å². The van der Waals surface area contributed by atoms with Crippen LogP contribution < -0.4 is 5.32 Å². The van der Waals surface area contributed by atoms with Gasteiger partial charge in [0.2, 0.25) is 5.91 Å². The first kappa shape index (κ1) is 16.3. The van der Waals surface area contributed by atoms with Crippen molar-refractivity contribution in [3.63, 3.8) is 0 Å². The molecule has 1 amide bonds. The van der Waals surface area contributed by atoms with E-state index in [0.29, 0.717) is 18.3 Å².